The van der Waals surface area contributed by atoms with Crippen LogP contribution >= 0.6 is 0 Å². The number of halogens is 1. The highest BCUT2D eigenvalue weighted by molar-refractivity contribution is 5.78. The lowest BCUT2D eigenvalue weighted by Crippen LogP contribution is -2.34. The van der Waals surface area contributed by atoms with Crippen molar-refractivity contribution < 1.29 is 13.9 Å². The number of para-hydroxylation sites is 1. The van der Waals surface area contributed by atoms with E-state index in [2.05, 4.69) is 10.3 Å². The van der Waals surface area contributed by atoms with E-state index in [-0.39, 0.29) is 18.3 Å². The van der Waals surface area contributed by atoms with Gasteiger partial charge >= 0.3 is 0 Å². The first-order chi connectivity index (χ1) is 12.1. The van der Waals surface area contributed by atoms with E-state index >= 15 is 0 Å². The number of benzene rings is 2. The number of amides is 1. The molecule has 2 aromatic carbocycles. The fourth-order valence-corrected chi connectivity index (χ4v) is 2.48. The lowest BCUT2D eigenvalue weighted by atomic mass is 10.1. The van der Waals surface area contributed by atoms with E-state index in [1.807, 2.05) is 29.8 Å². The average molecular weight is 339 g/mol. The zero-order valence-electron chi connectivity index (χ0n) is 13.7. The lowest BCUT2D eigenvalue weighted by molar-refractivity contribution is -0.123. The molecule has 3 aromatic rings. The number of carbonyl (C=O) groups is 1. The number of nitrogens with zero attached hydrogens (tertiary/aromatic N) is 2. The molecule has 128 valence electrons. The van der Waals surface area contributed by atoms with Gasteiger partial charge in [-0.25, -0.2) is 9.37 Å². The Bertz CT molecular complexity index is 831. The van der Waals surface area contributed by atoms with E-state index in [0.717, 1.165) is 5.56 Å². The number of aryl methyl sites for hydroxylation is 1. The Morgan fingerprint density at radius 2 is 1.92 bits per heavy atom. The van der Waals surface area contributed by atoms with Crippen LogP contribution in [0.3, 0.4) is 0 Å². The van der Waals surface area contributed by atoms with Gasteiger partial charge in [-0.2, -0.15) is 0 Å². The highest BCUT2D eigenvalue weighted by Crippen LogP contribution is 2.21. The quantitative estimate of drug-likeness (QED) is 0.751. The van der Waals surface area contributed by atoms with Crippen molar-refractivity contribution in [3.63, 3.8) is 0 Å². The second-order valence-electron chi connectivity index (χ2n) is 5.55. The fraction of sp³-hybridized carbons (Fsp3) is 0.158. The molecule has 0 unspecified atom stereocenters. The standard InChI is InChI=1S/C19H18FN3O2/c1-23-12-11-21-19(23)18(14-7-9-15(20)10-8-14)22-17(24)13-25-16-5-3-2-4-6-16/h2-12,18H,13H2,1H3,(H,22,24)/t18-/m0/s1. The molecular weight excluding hydrogens is 321 g/mol. The van der Waals surface area contributed by atoms with Gasteiger partial charge in [0.05, 0.1) is 0 Å². The zero-order valence-corrected chi connectivity index (χ0v) is 13.7. The maximum absolute atomic E-state index is 13.2. The summed E-state index contributed by atoms with van der Waals surface area (Å²) < 4.78 is 20.5. The molecule has 0 radical (unpaired) electrons. The minimum absolute atomic E-state index is 0.119. The summed E-state index contributed by atoms with van der Waals surface area (Å²) in [5, 5.41) is 2.90. The van der Waals surface area contributed by atoms with E-state index in [1.54, 1.807) is 36.7 Å². The summed E-state index contributed by atoms with van der Waals surface area (Å²) in [6, 6.07) is 14.6. The summed E-state index contributed by atoms with van der Waals surface area (Å²) in [6.45, 7) is -0.119. The van der Waals surface area contributed by atoms with Crippen molar-refractivity contribution in [3.05, 3.63) is 84.2 Å². The zero-order chi connectivity index (χ0) is 17.6. The molecule has 0 spiro atoms. The molecule has 0 aliphatic rings. The molecule has 0 aliphatic carbocycles. The highest BCUT2D eigenvalue weighted by atomic mass is 19.1. The van der Waals surface area contributed by atoms with Gasteiger partial charge in [0.1, 0.15) is 23.4 Å². The molecule has 0 fully saturated rings. The maximum Gasteiger partial charge on any atom is 0.258 e. The van der Waals surface area contributed by atoms with Crippen molar-refractivity contribution in [2.24, 2.45) is 7.05 Å². The fourth-order valence-electron chi connectivity index (χ4n) is 2.48. The second kappa shape index (κ2) is 7.61. The number of imidazole rings is 1. The van der Waals surface area contributed by atoms with Gasteiger partial charge in [0.25, 0.3) is 5.91 Å². The van der Waals surface area contributed by atoms with Crippen molar-refractivity contribution in [1.82, 2.24) is 14.9 Å². The van der Waals surface area contributed by atoms with Crippen LogP contribution in [0, 0.1) is 5.82 Å². The second-order valence-corrected chi connectivity index (χ2v) is 5.55. The number of ether oxygens (including phenoxy) is 1. The molecule has 0 saturated carbocycles. The minimum Gasteiger partial charge on any atom is -0.484 e. The van der Waals surface area contributed by atoms with Crippen LogP contribution in [0.1, 0.15) is 17.4 Å². The Hall–Kier alpha value is -3.15. The molecule has 3 rings (SSSR count). The largest absolute Gasteiger partial charge is 0.484 e. The average Bonchev–Trinajstić information content (AvgIpc) is 3.05. The van der Waals surface area contributed by atoms with Crippen LogP contribution in [0.2, 0.25) is 0 Å². The molecule has 1 heterocycles. The molecule has 6 heteroatoms. The minimum atomic E-state index is -0.493. The van der Waals surface area contributed by atoms with Gasteiger partial charge in [-0.05, 0) is 29.8 Å². The summed E-state index contributed by atoms with van der Waals surface area (Å²) in [7, 11) is 1.84. The smallest absolute Gasteiger partial charge is 0.258 e. The third kappa shape index (κ3) is 4.23. The molecule has 0 aliphatic heterocycles. The first kappa shape index (κ1) is 16.7. The Morgan fingerprint density at radius 3 is 2.56 bits per heavy atom. The van der Waals surface area contributed by atoms with E-state index in [9.17, 15) is 9.18 Å². The normalized spacial score (nSPS) is 11.8. The lowest BCUT2D eigenvalue weighted by Gasteiger charge is -2.19. The van der Waals surface area contributed by atoms with Gasteiger partial charge in [0.2, 0.25) is 0 Å². The number of rotatable bonds is 6. The SMILES string of the molecule is Cn1ccnc1[C@@H](NC(=O)COc1ccccc1)c1ccc(F)cc1. The molecule has 0 bridgehead atoms. The molecule has 5 nitrogen and oxygen atoms in total. The van der Waals surface area contributed by atoms with Crippen molar-refractivity contribution in [2.75, 3.05) is 6.61 Å². The van der Waals surface area contributed by atoms with E-state index in [4.69, 9.17) is 4.74 Å². The van der Waals surface area contributed by atoms with Gasteiger partial charge < -0.3 is 14.6 Å². The van der Waals surface area contributed by atoms with Crippen LogP contribution in [0.25, 0.3) is 0 Å². The summed E-state index contributed by atoms with van der Waals surface area (Å²) in [6.07, 6.45) is 3.44. The van der Waals surface area contributed by atoms with Crippen molar-refractivity contribution >= 4 is 5.91 Å². The van der Waals surface area contributed by atoms with Crippen molar-refractivity contribution in [3.8, 4) is 5.75 Å². The number of hydrogen-bond donors (Lipinski definition) is 1. The topological polar surface area (TPSA) is 56.2 Å². The molecular formula is C19H18FN3O2. The third-order valence-electron chi connectivity index (χ3n) is 3.74. The maximum atomic E-state index is 13.2. The first-order valence-electron chi connectivity index (χ1n) is 7.83. The van der Waals surface area contributed by atoms with Gasteiger partial charge in [-0.1, -0.05) is 30.3 Å². The van der Waals surface area contributed by atoms with E-state index < -0.39 is 6.04 Å². The summed E-state index contributed by atoms with van der Waals surface area (Å²) in [5.74, 6) is 0.648. The van der Waals surface area contributed by atoms with Crippen LogP contribution in [-0.2, 0) is 11.8 Å². The number of carbonyl (C=O) groups excluding carboxylic acids is 1. The molecule has 1 atom stereocenters. The predicted molar refractivity (Wildman–Crippen MR) is 91.5 cm³/mol. The summed E-state index contributed by atoms with van der Waals surface area (Å²) in [4.78, 5) is 16.6. The third-order valence-corrected chi connectivity index (χ3v) is 3.74. The Morgan fingerprint density at radius 1 is 1.20 bits per heavy atom. The Labute approximate surface area is 145 Å². The molecule has 1 N–H and O–H groups in total. The van der Waals surface area contributed by atoms with Crippen LogP contribution in [0.15, 0.2) is 67.0 Å². The van der Waals surface area contributed by atoms with Gasteiger partial charge in [-0.3, -0.25) is 4.79 Å². The van der Waals surface area contributed by atoms with E-state index in [1.165, 1.54) is 12.1 Å². The summed E-state index contributed by atoms with van der Waals surface area (Å²) >= 11 is 0. The molecule has 25 heavy (non-hydrogen) atoms. The van der Waals surface area contributed by atoms with E-state index in [0.29, 0.717) is 11.6 Å². The van der Waals surface area contributed by atoms with Crippen LogP contribution < -0.4 is 10.1 Å². The van der Waals surface area contributed by atoms with Crippen LogP contribution in [-0.4, -0.2) is 22.1 Å². The highest BCUT2D eigenvalue weighted by Gasteiger charge is 2.21. The van der Waals surface area contributed by atoms with Crippen LogP contribution in [0.4, 0.5) is 4.39 Å². The molecule has 1 aromatic heterocycles. The van der Waals surface area contributed by atoms with Gasteiger partial charge in [0, 0.05) is 19.4 Å². The number of aromatic nitrogens is 2. The van der Waals surface area contributed by atoms with Gasteiger partial charge in [-0.15, -0.1) is 0 Å². The molecule has 1 amide bonds. The predicted octanol–water partition coefficient (Wildman–Crippen LogP) is 2.84. The number of hydrogen-bond acceptors (Lipinski definition) is 3. The van der Waals surface area contributed by atoms with Crippen molar-refractivity contribution in [1.29, 1.82) is 0 Å². The van der Waals surface area contributed by atoms with Gasteiger partial charge in [0.15, 0.2) is 6.61 Å². The Balaban J connectivity index is 1.74. The number of nitrogens with one attached hydrogen (secondary N) is 1. The Kier molecular flexibility index (Phi) is 5.09. The van der Waals surface area contributed by atoms with Crippen molar-refractivity contribution in [2.45, 2.75) is 6.04 Å². The molecule has 0 saturated heterocycles. The summed E-state index contributed by atoms with van der Waals surface area (Å²) in [5.41, 5.74) is 0.740. The first-order valence-corrected chi connectivity index (χ1v) is 7.83. The monoisotopic (exact) mass is 339 g/mol. The van der Waals surface area contributed by atoms with Crippen LogP contribution in [0.5, 0.6) is 5.75 Å².